The quantitative estimate of drug-likeness (QED) is 0.543. The van der Waals surface area contributed by atoms with Gasteiger partial charge in [-0.05, 0) is 26.3 Å². The monoisotopic (exact) mass is 188 g/mol. The molecular weight excluding hydrogens is 168 g/mol. The molecule has 0 aliphatic heterocycles. The van der Waals surface area contributed by atoms with E-state index in [-0.39, 0.29) is 11.8 Å². The van der Waals surface area contributed by atoms with Crippen molar-refractivity contribution in [1.82, 2.24) is 5.32 Å². The number of carbonyl (C=O) groups excluding carboxylic acids is 1. The zero-order chi connectivity index (χ0) is 10.3. The Balaban J connectivity index is 3.57. The highest BCUT2D eigenvalue weighted by Crippen LogP contribution is 2.03. The summed E-state index contributed by atoms with van der Waals surface area (Å²) in [5.74, 6) is -0.0170. The van der Waals surface area contributed by atoms with Crippen LogP contribution in [0, 0.1) is 5.92 Å². The predicted octanol–water partition coefficient (Wildman–Crippen LogP) is -0.142. The lowest BCUT2D eigenvalue weighted by Gasteiger charge is -2.12. The molecule has 0 aliphatic carbocycles. The van der Waals surface area contributed by atoms with Gasteiger partial charge in [-0.2, -0.15) is 0 Å². The Morgan fingerprint density at radius 1 is 1.54 bits per heavy atom. The van der Waals surface area contributed by atoms with E-state index in [1.807, 2.05) is 6.92 Å². The van der Waals surface area contributed by atoms with Gasteiger partial charge in [0.25, 0.3) is 0 Å². The van der Waals surface area contributed by atoms with Gasteiger partial charge in [0.1, 0.15) is 0 Å². The fourth-order valence-corrected chi connectivity index (χ4v) is 0.978. The number of aliphatic hydroxyl groups excluding tert-OH is 1. The lowest BCUT2D eigenvalue weighted by atomic mass is 10.1. The van der Waals surface area contributed by atoms with E-state index in [1.54, 1.807) is 6.92 Å². The van der Waals surface area contributed by atoms with Crippen LogP contribution in [0.25, 0.3) is 0 Å². The summed E-state index contributed by atoms with van der Waals surface area (Å²) in [7, 11) is 0. The summed E-state index contributed by atoms with van der Waals surface area (Å²) >= 11 is 0. The van der Waals surface area contributed by atoms with E-state index >= 15 is 0 Å². The Labute approximate surface area is 79.5 Å². The third kappa shape index (κ3) is 6.54. The number of nitrogens with one attached hydrogen (secondary N) is 1. The van der Waals surface area contributed by atoms with Crippen molar-refractivity contribution in [2.45, 2.75) is 32.8 Å². The van der Waals surface area contributed by atoms with E-state index in [0.29, 0.717) is 13.1 Å². The number of hydrogen-bond donors (Lipinski definition) is 3. The van der Waals surface area contributed by atoms with Crippen molar-refractivity contribution < 1.29 is 9.90 Å². The molecule has 0 fully saturated rings. The molecule has 4 heteroatoms. The van der Waals surface area contributed by atoms with Crippen LogP contribution in [0.5, 0.6) is 0 Å². The van der Waals surface area contributed by atoms with Gasteiger partial charge >= 0.3 is 0 Å². The summed E-state index contributed by atoms with van der Waals surface area (Å²) in [5.41, 5.74) is 5.33. The number of rotatable bonds is 6. The van der Waals surface area contributed by atoms with Gasteiger partial charge in [0.2, 0.25) is 5.91 Å². The Morgan fingerprint density at radius 2 is 2.15 bits per heavy atom. The average Bonchev–Trinajstić information content (AvgIpc) is 2.10. The lowest BCUT2D eigenvalue weighted by molar-refractivity contribution is -0.125. The van der Waals surface area contributed by atoms with Crippen molar-refractivity contribution in [3.05, 3.63) is 0 Å². The molecule has 0 aliphatic rings. The zero-order valence-corrected chi connectivity index (χ0v) is 8.42. The van der Waals surface area contributed by atoms with Crippen LogP contribution in [0.1, 0.15) is 26.7 Å². The molecule has 0 aromatic rings. The van der Waals surface area contributed by atoms with Crippen molar-refractivity contribution in [3.63, 3.8) is 0 Å². The molecule has 4 nitrogen and oxygen atoms in total. The molecule has 0 saturated heterocycles. The molecule has 0 aromatic carbocycles. The van der Waals surface area contributed by atoms with Gasteiger partial charge in [-0.3, -0.25) is 4.79 Å². The SMILES string of the molecule is CC(CCCN)C(=O)NC[C@H](C)O. The van der Waals surface area contributed by atoms with E-state index in [1.165, 1.54) is 0 Å². The second-order valence-corrected chi connectivity index (χ2v) is 3.43. The van der Waals surface area contributed by atoms with E-state index in [2.05, 4.69) is 5.32 Å². The smallest absolute Gasteiger partial charge is 0.222 e. The highest BCUT2D eigenvalue weighted by atomic mass is 16.3. The fourth-order valence-electron chi connectivity index (χ4n) is 0.978. The van der Waals surface area contributed by atoms with Crippen molar-refractivity contribution >= 4 is 5.91 Å². The predicted molar refractivity (Wildman–Crippen MR) is 52.1 cm³/mol. The first kappa shape index (κ1) is 12.4. The van der Waals surface area contributed by atoms with Crippen molar-refractivity contribution in [2.24, 2.45) is 11.7 Å². The van der Waals surface area contributed by atoms with E-state index in [9.17, 15) is 4.79 Å². The molecule has 4 N–H and O–H groups in total. The van der Waals surface area contributed by atoms with Crippen molar-refractivity contribution in [2.75, 3.05) is 13.1 Å². The molecular formula is C9H20N2O2. The normalized spacial score (nSPS) is 15.1. The molecule has 0 aromatic heterocycles. The van der Waals surface area contributed by atoms with Crippen LogP contribution in [0.15, 0.2) is 0 Å². The van der Waals surface area contributed by atoms with Crippen LogP contribution in [0.3, 0.4) is 0 Å². The van der Waals surface area contributed by atoms with Crippen molar-refractivity contribution in [1.29, 1.82) is 0 Å². The Morgan fingerprint density at radius 3 is 2.62 bits per heavy atom. The molecule has 0 bridgehead atoms. The molecule has 0 heterocycles. The molecule has 0 saturated carbocycles. The second-order valence-electron chi connectivity index (χ2n) is 3.43. The first-order valence-electron chi connectivity index (χ1n) is 4.73. The van der Waals surface area contributed by atoms with Gasteiger partial charge in [0.05, 0.1) is 6.10 Å². The highest BCUT2D eigenvalue weighted by Gasteiger charge is 2.11. The number of aliphatic hydroxyl groups is 1. The first-order chi connectivity index (χ1) is 6.07. The van der Waals surface area contributed by atoms with Gasteiger partial charge in [-0.15, -0.1) is 0 Å². The standard InChI is InChI=1S/C9H20N2O2/c1-7(4-3-5-10)9(13)11-6-8(2)12/h7-8,12H,3-6,10H2,1-2H3,(H,11,13)/t7?,8-/m0/s1. The Kier molecular flexibility index (Phi) is 6.54. The topological polar surface area (TPSA) is 75.4 Å². The number of amides is 1. The van der Waals surface area contributed by atoms with E-state index < -0.39 is 6.10 Å². The molecule has 1 unspecified atom stereocenters. The summed E-state index contributed by atoms with van der Waals surface area (Å²) in [4.78, 5) is 11.3. The number of nitrogens with two attached hydrogens (primary N) is 1. The number of hydrogen-bond acceptors (Lipinski definition) is 3. The van der Waals surface area contributed by atoms with Gasteiger partial charge in [0, 0.05) is 12.5 Å². The van der Waals surface area contributed by atoms with E-state index in [4.69, 9.17) is 10.8 Å². The van der Waals surface area contributed by atoms with Crippen LogP contribution < -0.4 is 11.1 Å². The molecule has 78 valence electrons. The maximum Gasteiger partial charge on any atom is 0.222 e. The summed E-state index contributed by atoms with van der Waals surface area (Å²) in [6.45, 7) is 4.46. The summed E-state index contributed by atoms with van der Waals surface area (Å²) in [6.07, 6.45) is 1.19. The van der Waals surface area contributed by atoms with E-state index in [0.717, 1.165) is 12.8 Å². The number of carbonyl (C=O) groups is 1. The zero-order valence-electron chi connectivity index (χ0n) is 8.42. The second kappa shape index (κ2) is 6.86. The molecule has 0 spiro atoms. The molecule has 13 heavy (non-hydrogen) atoms. The van der Waals surface area contributed by atoms with Crippen LogP contribution in [-0.2, 0) is 4.79 Å². The van der Waals surface area contributed by atoms with Gasteiger partial charge in [-0.1, -0.05) is 6.92 Å². The minimum Gasteiger partial charge on any atom is -0.392 e. The summed E-state index contributed by atoms with van der Waals surface area (Å²) in [6, 6.07) is 0. The molecule has 0 radical (unpaired) electrons. The van der Waals surface area contributed by atoms with Gasteiger partial charge < -0.3 is 16.2 Å². The fraction of sp³-hybridized carbons (Fsp3) is 0.889. The minimum absolute atomic E-state index is 0.00523. The van der Waals surface area contributed by atoms with Crippen LogP contribution >= 0.6 is 0 Å². The van der Waals surface area contributed by atoms with Gasteiger partial charge in [-0.25, -0.2) is 0 Å². The third-order valence-corrected chi connectivity index (χ3v) is 1.86. The largest absolute Gasteiger partial charge is 0.392 e. The first-order valence-corrected chi connectivity index (χ1v) is 4.73. The van der Waals surface area contributed by atoms with Crippen LogP contribution in [0.4, 0.5) is 0 Å². The van der Waals surface area contributed by atoms with Crippen LogP contribution in [-0.4, -0.2) is 30.2 Å². The minimum atomic E-state index is -0.481. The maximum absolute atomic E-state index is 11.3. The third-order valence-electron chi connectivity index (χ3n) is 1.86. The molecule has 2 atom stereocenters. The van der Waals surface area contributed by atoms with Crippen LogP contribution in [0.2, 0.25) is 0 Å². The lowest BCUT2D eigenvalue weighted by Crippen LogP contribution is -2.34. The summed E-state index contributed by atoms with van der Waals surface area (Å²) < 4.78 is 0. The summed E-state index contributed by atoms with van der Waals surface area (Å²) in [5, 5.41) is 11.6. The molecule has 1 amide bonds. The van der Waals surface area contributed by atoms with Crippen molar-refractivity contribution in [3.8, 4) is 0 Å². The molecule has 0 rings (SSSR count). The Hall–Kier alpha value is -0.610. The Bertz CT molecular complexity index is 149. The maximum atomic E-state index is 11.3. The highest BCUT2D eigenvalue weighted by molar-refractivity contribution is 5.78. The average molecular weight is 188 g/mol. The van der Waals surface area contributed by atoms with Gasteiger partial charge in [0.15, 0.2) is 0 Å².